The summed E-state index contributed by atoms with van der Waals surface area (Å²) in [5.41, 5.74) is 1.41. The summed E-state index contributed by atoms with van der Waals surface area (Å²) in [6, 6.07) is 0. The Morgan fingerprint density at radius 3 is 1.60 bits per heavy atom. The van der Waals surface area contributed by atoms with E-state index in [1.807, 2.05) is 0 Å². The van der Waals surface area contributed by atoms with Gasteiger partial charge in [-0.15, -0.1) is 46.0 Å². The fraction of sp³-hybridized carbons (Fsp3) is 0.524. The Bertz CT molecular complexity index is 299. The average molecular weight is 426 g/mol. The van der Waals surface area contributed by atoms with Gasteiger partial charge < -0.3 is 15.3 Å². The molecule has 0 saturated carbocycles. The molecule has 0 bridgehead atoms. The molecule has 0 radical (unpaired) electrons. The van der Waals surface area contributed by atoms with Crippen molar-refractivity contribution in [3.8, 4) is 0 Å². The van der Waals surface area contributed by atoms with Crippen molar-refractivity contribution < 1.29 is 41.5 Å². The maximum Gasteiger partial charge on any atom is 4.00 e. The van der Waals surface area contributed by atoms with E-state index >= 15 is 0 Å². The molecule has 0 spiro atoms. The van der Waals surface area contributed by atoms with Crippen molar-refractivity contribution in [2.24, 2.45) is 0 Å². The van der Waals surface area contributed by atoms with Crippen LogP contribution in [0.5, 0.6) is 0 Å². The molecule has 25 heavy (non-hydrogen) atoms. The van der Waals surface area contributed by atoms with Gasteiger partial charge in [0.1, 0.15) is 0 Å². The Hall–Kier alpha value is -0.537. The second kappa shape index (κ2) is 34.7. The number of hydrogen-bond donors (Lipinski definition) is 0. The van der Waals surface area contributed by atoms with Gasteiger partial charge in [0.15, 0.2) is 0 Å². The summed E-state index contributed by atoms with van der Waals surface area (Å²) >= 11 is 0. The van der Waals surface area contributed by atoms with Crippen LogP contribution < -0.4 is 15.3 Å². The molecule has 0 heterocycles. The van der Waals surface area contributed by atoms with Crippen LogP contribution in [0, 0.1) is 6.08 Å². The van der Waals surface area contributed by atoms with Crippen LogP contribution in [0.1, 0.15) is 51.9 Å². The Morgan fingerprint density at radius 2 is 1.40 bits per heavy atom. The van der Waals surface area contributed by atoms with Crippen LogP contribution in [0.3, 0.4) is 0 Å². The first-order valence-electron chi connectivity index (χ1n) is 8.51. The van der Waals surface area contributed by atoms with Gasteiger partial charge in [-0.25, -0.2) is 11.6 Å². The van der Waals surface area contributed by atoms with E-state index in [0.717, 1.165) is 6.42 Å². The normalized spacial score (nSPS) is 10.3. The molecule has 4 heteroatoms. The van der Waals surface area contributed by atoms with Gasteiger partial charge in [-0.05, 0) is 0 Å². The summed E-state index contributed by atoms with van der Waals surface area (Å²) in [5.74, 6) is 0. The predicted octanol–water partition coefficient (Wildman–Crippen LogP) is 2.63. The summed E-state index contributed by atoms with van der Waals surface area (Å²) < 4.78 is 0. The third-order valence-corrected chi connectivity index (χ3v) is 2.53. The third kappa shape index (κ3) is 39.9. The largest absolute Gasteiger partial charge is 4.00 e. The van der Waals surface area contributed by atoms with E-state index in [0.29, 0.717) is 19.3 Å². The molecule has 0 aromatic rings. The van der Waals surface area contributed by atoms with E-state index in [1.165, 1.54) is 24.8 Å². The van der Waals surface area contributed by atoms with Gasteiger partial charge in [0.2, 0.25) is 0 Å². The molecule has 0 N–H and O–H groups in total. The van der Waals surface area contributed by atoms with Gasteiger partial charge >= 0.3 is 26.2 Å². The van der Waals surface area contributed by atoms with E-state index in [4.69, 9.17) is 0 Å². The molecule has 0 saturated heterocycles. The van der Waals surface area contributed by atoms with Crippen LogP contribution in [0.2, 0.25) is 0 Å². The second-order valence-corrected chi connectivity index (χ2v) is 4.76. The molecule has 0 aromatic heterocycles. The molecular formula is C21H34O3Zr. The molecule has 0 fully saturated rings. The number of allylic oxidation sites excluding steroid dienone is 4. The minimum Gasteiger partial charge on any atom is -0.854 e. The first-order chi connectivity index (χ1) is 11.7. The molecule has 0 amide bonds. The fourth-order valence-corrected chi connectivity index (χ4v) is 1.24. The van der Waals surface area contributed by atoms with Crippen LogP contribution in [-0.4, -0.2) is 19.8 Å². The molecule has 140 valence electrons. The van der Waals surface area contributed by atoms with Crippen LogP contribution in [0.4, 0.5) is 0 Å². The Kier molecular flexibility index (Phi) is 44.7. The summed E-state index contributed by atoms with van der Waals surface area (Å²) in [6.45, 7) is 12.2. The smallest absolute Gasteiger partial charge is 0.854 e. The Balaban J connectivity index is -0.000000122. The van der Waals surface area contributed by atoms with Gasteiger partial charge in [0.05, 0.1) is 0 Å². The number of unbranched alkanes of at least 4 members (excludes halogenated alkanes) is 1. The summed E-state index contributed by atoms with van der Waals surface area (Å²) in [6.07, 6.45) is 19.2. The van der Waals surface area contributed by atoms with Gasteiger partial charge in [0.25, 0.3) is 0 Å². The number of rotatable bonds is 9. The van der Waals surface area contributed by atoms with E-state index < -0.39 is 0 Å². The molecular weight excluding hydrogens is 391 g/mol. The van der Waals surface area contributed by atoms with Crippen molar-refractivity contribution in [1.82, 2.24) is 0 Å². The van der Waals surface area contributed by atoms with Crippen LogP contribution in [0.25, 0.3) is 0 Å². The third-order valence-electron chi connectivity index (χ3n) is 2.53. The number of hydrogen-bond acceptors (Lipinski definition) is 3. The van der Waals surface area contributed by atoms with Gasteiger partial charge in [-0.1, -0.05) is 63.7 Å². The van der Waals surface area contributed by atoms with Crippen molar-refractivity contribution in [3.63, 3.8) is 0 Å². The first-order valence-corrected chi connectivity index (χ1v) is 8.51. The zero-order chi connectivity index (χ0) is 18.9. The Labute approximate surface area is 174 Å². The maximum atomic E-state index is 9.46. The molecule has 0 aromatic carbocycles. The van der Waals surface area contributed by atoms with E-state index in [2.05, 4.69) is 44.9 Å². The zero-order valence-electron chi connectivity index (χ0n) is 15.8. The van der Waals surface area contributed by atoms with E-state index in [9.17, 15) is 15.3 Å². The van der Waals surface area contributed by atoms with Crippen LogP contribution in [0.15, 0.2) is 55.7 Å². The van der Waals surface area contributed by atoms with E-state index in [-0.39, 0.29) is 46.0 Å². The van der Waals surface area contributed by atoms with Crippen molar-refractivity contribution in [3.05, 3.63) is 61.8 Å². The SMILES string of the molecule is C=CCC[O-].C=CCC[O-].C=CCC[O-].CCCCC1=[C-]CC=C1.[Zr+4]. The van der Waals surface area contributed by atoms with Crippen molar-refractivity contribution in [2.75, 3.05) is 19.8 Å². The fourth-order valence-electron chi connectivity index (χ4n) is 1.24. The van der Waals surface area contributed by atoms with Crippen LogP contribution in [-0.2, 0) is 26.2 Å². The zero-order valence-corrected chi connectivity index (χ0v) is 18.3. The molecule has 0 unspecified atom stereocenters. The monoisotopic (exact) mass is 424 g/mol. The first kappa shape index (κ1) is 32.2. The quantitative estimate of drug-likeness (QED) is 0.421. The predicted molar refractivity (Wildman–Crippen MR) is 99.1 cm³/mol. The summed E-state index contributed by atoms with van der Waals surface area (Å²) in [7, 11) is 0. The topological polar surface area (TPSA) is 69.2 Å². The van der Waals surface area contributed by atoms with Gasteiger partial charge in [-0.3, -0.25) is 6.08 Å². The summed E-state index contributed by atoms with van der Waals surface area (Å²) in [5, 5.41) is 28.4. The average Bonchev–Trinajstić information content (AvgIpc) is 3.10. The minimum atomic E-state index is -0.0243. The molecule has 0 aliphatic heterocycles. The molecule has 1 aliphatic carbocycles. The van der Waals surface area contributed by atoms with Crippen molar-refractivity contribution in [1.29, 1.82) is 0 Å². The van der Waals surface area contributed by atoms with Gasteiger partial charge in [-0.2, -0.15) is 6.08 Å². The minimum absolute atomic E-state index is 0. The maximum absolute atomic E-state index is 9.46. The van der Waals surface area contributed by atoms with Gasteiger partial charge in [0, 0.05) is 0 Å². The molecule has 1 rings (SSSR count). The summed E-state index contributed by atoms with van der Waals surface area (Å²) in [4.78, 5) is 0. The molecule has 0 atom stereocenters. The standard InChI is InChI=1S/C9H13.3C4H7O.Zr/c1-2-3-6-9-7-4-5-8-9;3*1-2-3-4-5;/h4,7H,2-3,5-6H2,1H3;3*2H,1,3-4H2;/q4*-1;+4. The van der Waals surface area contributed by atoms with Crippen LogP contribution >= 0.6 is 0 Å². The second-order valence-electron chi connectivity index (χ2n) is 4.76. The molecule has 3 nitrogen and oxygen atoms in total. The van der Waals surface area contributed by atoms with E-state index in [1.54, 1.807) is 18.2 Å². The van der Waals surface area contributed by atoms with Crippen molar-refractivity contribution >= 4 is 0 Å². The Morgan fingerprint density at radius 1 is 0.960 bits per heavy atom. The van der Waals surface area contributed by atoms with Crippen molar-refractivity contribution in [2.45, 2.75) is 51.9 Å². The molecule has 1 aliphatic rings.